The molecule has 1 aliphatic rings. The van der Waals surface area contributed by atoms with Gasteiger partial charge in [0.25, 0.3) is 5.56 Å². The number of esters is 1. The fourth-order valence-corrected chi connectivity index (χ4v) is 6.56. The molecule has 2 aromatic carbocycles. The number of aromatic nitrogens is 1. The molecule has 10 nitrogen and oxygen atoms in total. The van der Waals surface area contributed by atoms with E-state index in [1.165, 1.54) is 30.1 Å². The van der Waals surface area contributed by atoms with Crippen LogP contribution >= 0.6 is 45.5 Å². The molecule has 0 aliphatic carbocycles. The summed E-state index contributed by atoms with van der Waals surface area (Å²) in [6.07, 6.45) is 2.89. The number of fused-ring (bicyclic) bond motifs is 1. The molecule has 1 aliphatic heterocycles. The molecule has 42 heavy (non-hydrogen) atoms. The lowest BCUT2D eigenvalue weighted by atomic mass is 9.93. The van der Waals surface area contributed by atoms with Crippen LogP contribution in [0.4, 0.5) is 0 Å². The van der Waals surface area contributed by atoms with Crippen LogP contribution in [0.5, 0.6) is 17.2 Å². The van der Waals surface area contributed by atoms with Gasteiger partial charge in [0, 0.05) is 10.6 Å². The van der Waals surface area contributed by atoms with E-state index >= 15 is 0 Å². The zero-order valence-electron chi connectivity index (χ0n) is 23.2. The number of thiazole rings is 1. The number of rotatable bonds is 11. The van der Waals surface area contributed by atoms with Crippen molar-refractivity contribution >= 4 is 63.5 Å². The molecule has 0 radical (unpaired) electrons. The van der Waals surface area contributed by atoms with Gasteiger partial charge in [-0.25, -0.2) is 14.6 Å². The van der Waals surface area contributed by atoms with E-state index in [4.69, 9.17) is 40.6 Å². The van der Waals surface area contributed by atoms with Gasteiger partial charge in [0.15, 0.2) is 22.9 Å². The first-order chi connectivity index (χ1) is 20.1. The number of hydrogen-bond donors (Lipinski definition) is 1. The van der Waals surface area contributed by atoms with Crippen molar-refractivity contribution in [2.24, 2.45) is 4.99 Å². The molecule has 0 amide bonds. The molecule has 1 N–H and O–H groups in total. The second kappa shape index (κ2) is 13.7. The van der Waals surface area contributed by atoms with Crippen molar-refractivity contribution in [3.63, 3.8) is 0 Å². The van der Waals surface area contributed by atoms with Gasteiger partial charge in [0.05, 0.1) is 40.2 Å². The fourth-order valence-electron chi connectivity index (χ4n) is 4.58. The summed E-state index contributed by atoms with van der Waals surface area (Å²) in [5.74, 6) is -0.625. The van der Waals surface area contributed by atoms with Crippen LogP contribution in [-0.4, -0.2) is 49.0 Å². The van der Waals surface area contributed by atoms with E-state index in [-0.39, 0.29) is 23.5 Å². The molecule has 1 aromatic heterocycles. The minimum atomic E-state index is -1.12. The van der Waals surface area contributed by atoms with Gasteiger partial charge in [0.1, 0.15) is 11.8 Å². The Morgan fingerprint density at radius 2 is 1.90 bits per heavy atom. The first-order valence-corrected chi connectivity index (χ1v) is 15.2. The van der Waals surface area contributed by atoms with Crippen molar-refractivity contribution in [3.8, 4) is 17.2 Å². The number of carboxylic acids is 1. The molecule has 4 rings (SSSR count). The molecule has 1 atom stereocenters. The molecular formula is C29H28ClIN2O8S. The van der Waals surface area contributed by atoms with Gasteiger partial charge in [-0.15, -0.1) is 0 Å². The summed E-state index contributed by atoms with van der Waals surface area (Å²) in [6.45, 7) is 3.32. The van der Waals surface area contributed by atoms with E-state index in [9.17, 15) is 14.4 Å². The molecule has 0 spiro atoms. The second-order valence-electron chi connectivity index (χ2n) is 9.02. The molecule has 0 unspecified atom stereocenters. The predicted octanol–water partition coefficient (Wildman–Crippen LogP) is 4.32. The minimum Gasteiger partial charge on any atom is -0.496 e. The van der Waals surface area contributed by atoms with Crippen LogP contribution < -0.4 is 29.1 Å². The Balaban J connectivity index is 1.98. The van der Waals surface area contributed by atoms with Crippen LogP contribution in [0.3, 0.4) is 0 Å². The predicted molar refractivity (Wildman–Crippen MR) is 166 cm³/mol. The quantitative estimate of drug-likeness (QED) is 0.229. The van der Waals surface area contributed by atoms with Gasteiger partial charge in [-0.05, 0) is 77.9 Å². The lowest BCUT2D eigenvalue weighted by molar-refractivity contribution is -0.140. The van der Waals surface area contributed by atoms with Crippen LogP contribution in [0.25, 0.3) is 6.08 Å². The first kappa shape index (κ1) is 31.6. The summed E-state index contributed by atoms with van der Waals surface area (Å²) in [5, 5.41) is 9.42. The SMILES string of the molecule is CCCC1=C(C(=O)OCC)[C@H](c2cc(Cl)ccc2OC)n2c(s/c(=C/c3cc(I)c(OCC(=O)O)c(OC)c3)c2=O)=N1. The average molecular weight is 727 g/mol. The standard InChI is InChI=1S/C29H28ClIN2O8S/c1-5-7-19-24(28(37)40-6-2)25(17-13-16(30)8-9-20(17)38-3)33-27(36)22(42-29(33)32-19)12-15-10-18(31)26(21(11-15)39-4)41-14-23(34)35/h8-13,25H,5-7,14H2,1-4H3,(H,34,35)/b22-12+/t25-/m0/s1. The summed E-state index contributed by atoms with van der Waals surface area (Å²) in [4.78, 5) is 43.7. The van der Waals surface area contributed by atoms with E-state index in [0.717, 1.165) is 0 Å². The maximum absolute atomic E-state index is 14.1. The van der Waals surface area contributed by atoms with E-state index in [2.05, 4.69) is 0 Å². The van der Waals surface area contributed by atoms with Crippen molar-refractivity contribution < 1.29 is 33.6 Å². The number of allylic oxidation sites excluding steroid dienone is 1. The van der Waals surface area contributed by atoms with Crippen LogP contribution in [0.1, 0.15) is 43.9 Å². The zero-order chi connectivity index (χ0) is 30.6. The number of carbonyl (C=O) groups is 2. The van der Waals surface area contributed by atoms with Gasteiger partial charge in [-0.1, -0.05) is 36.3 Å². The third kappa shape index (κ3) is 6.50. The highest BCUT2D eigenvalue weighted by molar-refractivity contribution is 14.1. The molecule has 2 heterocycles. The Kier molecular flexibility index (Phi) is 10.3. The van der Waals surface area contributed by atoms with Crippen molar-refractivity contribution in [2.45, 2.75) is 32.7 Å². The molecule has 0 fully saturated rings. The number of carboxylic acid groups (broad SMARTS) is 1. The highest BCUT2D eigenvalue weighted by atomic mass is 127. The fraction of sp³-hybridized carbons (Fsp3) is 0.310. The molecule has 0 saturated heterocycles. The zero-order valence-corrected chi connectivity index (χ0v) is 27.0. The van der Waals surface area contributed by atoms with Gasteiger partial charge in [-0.3, -0.25) is 9.36 Å². The van der Waals surface area contributed by atoms with Gasteiger partial charge in [-0.2, -0.15) is 0 Å². The Labute approximate surface area is 264 Å². The van der Waals surface area contributed by atoms with Crippen LogP contribution in [0.15, 0.2) is 51.4 Å². The average Bonchev–Trinajstić information content (AvgIpc) is 3.25. The second-order valence-corrected chi connectivity index (χ2v) is 11.6. The lowest BCUT2D eigenvalue weighted by Gasteiger charge is -2.27. The van der Waals surface area contributed by atoms with Gasteiger partial charge < -0.3 is 24.1 Å². The number of nitrogens with zero attached hydrogens (tertiary/aromatic N) is 2. The smallest absolute Gasteiger partial charge is 0.341 e. The molecule has 0 saturated carbocycles. The summed E-state index contributed by atoms with van der Waals surface area (Å²) in [5.41, 5.74) is 1.57. The van der Waals surface area contributed by atoms with E-state index in [1.807, 2.05) is 29.5 Å². The van der Waals surface area contributed by atoms with E-state index in [1.54, 1.807) is 43.3 Å². The summed E-state index contributed by atoms with van der Waals surface area (Å²) < 4.78 is 24.3. The molecular weight excluding hydrogens is 699 g/mol. The lowest BCUT2D eigenvalue weighted by Crippen LogP contribution is -2.40. The largest absolute Gasteiger partial charge is 0.496 e. The number of ether oxygens (including phenoxy) is 4. The Morgan fingerprint density at radius 3 is 2.55 bits per heavy atom. The Bertz CT molecular complexity index is 1750. The maximum Gasteiger partial charge on any atom is 0.341 e. The third-order valence-electron chi connectivity index (χ3n) is 6.27. The summed E-state index contributed by atoms with van der Waals surface area (Å²) in [7, 11) is 2.96. The third-order valence-corrected chi connectivity index (χ3v) is 8.29. The summed E-state index contributed by atoms with van der Waals surface area (Å²) >= 11 is 9.60. The van der Waals surface area contributed by atoms with Crippen molar-refractivity contribution in [1.82, 2.24) is 4.57 Å². The van der Waals surface area contributed by atoms with Crippen molar-refractivity contribution in [1.29, 1.82) is 0 Å². The molecule has 0 bridgehead atoms. The van der Waals surface area contributed by atoms with Crippen molar-refractivity contribution in [3.05, 3.63) is 81.0 Å². The van der Waals surface area contributed by atoms with Crippen LogP contribution in [-0.2, 0) is 14.3 Å². The maximum atomic E-state index is 14.1. The Hall–Kier alpha value is -3.36. The summed E-state index contributed by atoms with van der Waals surface area (Å²) in [6, 6.07) is 7.56. The highest BCUT2D eigenvalue weighted by Gasteiger charge is 2.36. The van der Waals surface area contributed by atoms with Gasteiger partial charge >= 0.3 is 11.9 Å². The van der Waals surface area contributed by atoms with Crippen molar-refractivity contribution in [2.75, 3.05) is 27.4 Å². The number of aliphatic carboxylic acids is 1. The molecule has 13 heteroatoms. The normalized spacial score (nSPS) is 14.7. The monoisotopic (exact) mass is 726 g/mol. The number of methoxy groups -OCH3 is 2. The number of benzene rings is 2. The van der Waals surface area contributed by atoms with Crippen LogP contribution in [0.2, 0.25) is 5.02 Å². The van der Waals surface area contributed by atoms with E-state index in [0.29, 0.717) is 59.1 Å². The van der Waals surface area contributed by atoms with E-state index < -0.39 is 24.6 Å². The molecule has 3 aromatic rings. The number of carbonyl (C=O) groups excluding carboxylic acids is 1. The van der Waals surface area contributed by atoms with Gasteiger partial charge in [0.2, 0.25) is 0 Å². The molecule has 222 valence electrons. The number of halogens is 2. The van der Waals surface area contributed by atoms with Crippen LogP contribution in [0, 0.1) is 3.57 Å². The minimum absolute atomic E-state index is 0.151. The first-order valence-electron chi connectivity index (χ1n) is 12.9. The topological polar surface area (TPSA) is 126 Å². The number of hydrogen-bond acceptors (Lipinski definition) is 9. The highest BCUT2D eigenvalue weighted by Crippen LogP contribution is 2.38. The Morgan fingerprint density at radius 1 is 1.17 bits per heavy atom.